The molecule has 1 fully saturated rings. The lowest BCUT2D eigenvalue weighted by Crippen LogP contribution is -2.54. The van der Waals surface area contributed by atoms with Crippen molar-refractivity contribution in [3.63, 3.8) is 0 Å². The molecular formula is C23H27ClN4O2. The summed E-state index contributed by atoms with van der Waals surface area (Å²) >= 11 is 6.52. The van der Waals surface area contributed by atoms with Crippen LogP contribution in [0.2, 0.25) is 5.02 Å². The summed E-state index contributed by atoms with van der Waals surface area (Å²) in [5.41, 5.74) is 3.96. The molecule has 1 aliphatic heterocycles. The Bertz CT molecular complexity index is 1080. The summed E-state index contributed by atoms with van der Waals surface area (Å²) in [5.74, 6) is 0.00347. The van der Waals surface area contributed by atoms with E-state index in [1.54, 1.807) is 13.8 Å². The minimum atomic E-state index is -0.769. The topological polar surface area (TPSA) is 69.9 Å². The minimum Gasteiger partial charge on any atom is -0.390 e. The molecule has 0 atom stereocenters. The first-order valence-corrected chi connectivity index (χ1v) is 10.6. The highest BCUT2D eigenvalue weighted by molar-refractivity contribution is 6.33. The normalized spacial score (nSPS) is 14.8. The van der Waals surface area contributed by atoms with Crippen LogP contribution in [0.5, 0.6) is 0 Å². The maximum atomic E-state index is 12.3. The van der Waals surface area contributed by atoms with E-state index in [-0.39, 0.29) is 11.8 Å². The molecule has 158 valence electrons. The van der Waals surface area contributed by atoms with Crippen LogP contribution in [0, 0.1) is 12.8 Å². The average Bonchev–Trinajstić information content (AvgIpc) is 2.98. The molecule has 1 saturated heterocycles. The van der Waals surface area contributed by atoms with Crippen molar-refractivity contribution in [2.24, 2.45) is 5.92 Å². The first kappa shape index (κ1) is 20.7. The lowest BCUT2D eigenvalue weighted by atomic mass is 9.97. The largest absolute Gasteiger partial charge is 0.390 e. The third-order valence-electron chi connectivity index (χ3n) is 5.63. The van der Waals surface area contributed by atoms with Crippen LogP contribution >= 0.6 is 11.6 Å². The lowest BCUT2D eigenvalue weighted by Gasteiger charge is -2.40. The number of benzene rings is 1. The van der Waals surface area contributed by atoms with Crippen molar-refractivity contribution in [2.75, 3.05) is 24.5 Å². The van der Waals surface area contributed by atoms with E-state index in [2.05, 4.69) is 20.7 Å². The molecule has 4 rings (SSSR count). The number of imidazole rings is 1. The van der Waals surface area contributed by atoms with Crippen molar-refractivity contribution in [1.82, 2.24) is 14.7 Å². The number of halogens is 1. The van der Waals surface area contributed by atoms with Crippen molar-refractivity contribution in [3.05, 3.63) is 53.3 Å². The lowest BCUT2D eigenvalue weighted by molar-refractivity contribution is -0.125. The van der Waals surface area contributed by atoms with Crippen molar-refractivity contribution in [1.29, 1.82) is 0 Å². The van der Waals surface area contributed by atoms with E-state index in [9.17, 15) is 9.90 Å². The van der Waals surface area contributed by atoms with Crippen LogP contribution < -0.4 is 10.2 Å². The van der Waals surface area contributed by atoms with Gasteiger partial charge >= 0.3 is 0 Å². The Morgan fingerprint density at radius 3 is 2.77 bits per heavy atom. The second kappa shape index (κ2) is 7.93. The SMILES string of the molecule is Cc1c(-c2cc(N3CC(C(=O)NCCC(C)(C)O)C3)ccc2Cl)nc2ccccn12. The molecule has 2 N–H and O–H groups in total. The Kier molecular flexibility index (Phi) is 5.47. The van der Waals surface area contributed by atoms with E-state index in [0.717, 1.165) is 28.3 Å². The summed E-state index contributed by atoms with van der Waals surface area (Å²) in [4.78, 5) is 19.3. The van der Waals surface area contributed by atoms with E-state index in [1.165, 1.54) is 0 Å². The first-order valence-electron chi connectivity index (χ1n) is 10.2. The zero-order chi connectivity index (χ0) is 21.5. The summed E-state index contributed by atoms with van der Waals surface area (Å²) in [6, 6.07) is 11.9. The third-order valence-corrected chi connectivity index (χ3v) is 5.96. The molecule has 0 spiro atoms. The highest BCUT2D eigenvalue weighted by Gasteiger charge is 2.33. The van der Waals surface area contributed by atoms with Gasteiger partial charge < -0.3 is 19.7 Å². The first-order chi connectivity index (χ1) is 14.2. The number of hydrogen-bond acceptors (Lipinski definition) is 4. The van der Waals surface area contributed by atoms with Gasteiger partial charge in [-0.3, -0.25) is 4.79 Å². The van der Waals surface area contributed by atoms with E-state index < -0.39 is 5.60 Å². The predicted molar refractivity (Wildman–Crippen MR) is 120 cm³/mol. The van der Waals surface area contributed by atoms with Crippen LogP contribution in [0.1, 0.15) is 26.0 Å². The Hall–Kier alpha value is -2.57. The Morgan fingerprint density at radius 2 is 2.07 bits per heavy atom. The number of amides is 1. The summed E-state index contributed by atoms with van der Waals surface area (Å²) < 4.78 is 2.05. The van der Waals surface area contributed by atoms with Gasteiger partial charge in [-0.1, -0.05) is 17.7 Å². The number of aliphatic hydroxyl groups is 1. The second-order valence-electron chi connectivity index (χ2n) is 8.59. The number of anilines is 1. The van der Waals surface area contributed by atoms with Gasteiger partial charge in [0.25, 0.3) is 0 Å². The molecule has 0 radical (unpaired) electrons. The van der Waals surface area contributed by atoms with Gasteiger partial charge in [0.2, 0.25) is 5.91 Å². The highest BCUT2D eigenvalue weighted by atomic mass is 35.5. The fourth-order valence-corrected chi connectivity index (χ4v) is 3.96. The van der Waals surface area contributed by atoms with Crippen molar-refractivity contribution in [2.45, 2.75) is 32.8 Å². The minimum absolute atomic E-state index is 0.0390. The summed E-state index contributed by atoms with van der Waals surface area (Å²) in [6.07, 6.45) is 2.53. The maximum Gasteiger partial charge on any atom is 0.226 e. The average molecular weight is 427 g/mol. The number of nitrogens with one attached hydrogen (secondary N) is 1. The molecular weight excluding hydrogens is 400 g/mol. The number of aryl methyl sites for hydroxylation is 1. The summed E-state index contributed by atoms with van der Waals surface area (Å²) in [5, 5.41) is 13.3. The van der Waals surface area contributed by atoms with Crippen molar-refractivity contribution >= 4 is 28.8 Å². The quantitative estimate of drug-likeness (QED) is 0.630. The fraction of sp³-hybridized carbons (Fsp3) is 0.391. The van der Waals surface area contributed by atoms with Crippen LogP contribution in [-0.4, -0.2) is 45.6 Å². The fourth-order valence-electron chi connectivity index (χ4n) is 3.76. The van der Waals surface area contributed by atoms with Crippen molar-refractivity contribution < 1.29 is 9.90 Å². The van der Waals surface area contributed by atoms with Gasteiger partial charge in [0.15, 0.2) is 0 Å². The van der Waals surface area contributed by atoms with E-state index >= 15 is 0 Å². The summed E-state index contributed by atoms with van der Waals surface area (Å²) in [6.45, 7) is 7.34. The molecule has 2 aromatic heterocycles. The molecule has 3 heterocycles. The number of nitrogens with zero attached hydrogens (tertiary/aromatic N) is 3. The van der Waals surface area contributed by atoms with Gasteiger partial charge in [-0.15, -0.1) is 0 Å². The third kappa shape index (κ3) is 4.16. The molecule has 30 heavy (non-hydrogen) atoms. The molecule has 6 nitrogen and oxygen atoms in total. The van der Waals surface area contributed by atoms with Gasteiger partial charge in [-0.25, -0.2) is 4.98 Å². The standard InChI is InChI=1S/C23H27ClN4O2/c1-15-21(26-20-6-4-5-11-28(15)20)18-12-17(7-8-19(18)24)27-13-16(14-27)22(29)25-10-9-23(2,3)30/h4-8,11-12,16,30H,9-10,13-14H2,1-3H3,(H,25,29). The number of carbonyl (C=O) groups excluding carboxylic acids is 1. The van der Waals surface area contributed by atoms with Gasteiger partial charge in [-0.05, 0) is 57.5 Å². The molecule has 0 bridgehead atoms. The Balaban J connectivity index is 1.46. The molecule has 0 saturated carbocycles. The summed E-state index contributed by atoms with van der Waals surface area (Å²) in [7, 11) is 0. The van der Waals surface area contributed by atoms with Gasteiger partial charge in [0, 0.05) is 42.8 Å². The Morgan fingerprint density at radius 1 is 1.30 bits per heavy atom. The van der Waals surface area contributed by atoms with Crippen LogP contribution in [-0.2, 0) is 4.79 Å². The maximum absolute atomic E-state index is 12.3. The zero-order valence-electron chi connectivity index (χ0n) is 17.5. The molecule has 7 heteroatoms. The predicted octanol–water partition coefficient (Wildman–Crippen LogP) is 3.68. The zero-order valence-corrected chi connectivity index (χ0v) is 18.3. The molecule has 1 aromatic carbocycles. The number of pyridine rings is 1. The monoisotopic (exact) mass is 426 g/mol. The van der Waals surface area contributed by atoms with E-state index in [0.29, 0.717) is 31.1 Å². The number of hydrogen-bond donors (Lipinski definition) is 2. The van der Waals surface area contributed by atoms with Crippen LogP contribution in [0.15, 0.2) is 42.6 Å². The Labute approximate surface area is 181 Å². The number of aromatic nitrogens is 2. The van der Waals surface area contributed by atoms with Gasteiger partial charge in [0.05, 0.1) is 22.2 Å². The number of carbonyl (C=O) groups is 1. The molecule has 3 aromatic rings. The van der Waals surface area contributed by atoms with Crippen molar-refractivity contribution in [3.8, 4) is 11.3 Å². The molecule has 1 amide bonds. The second-order valence-corrected chi connectivity index (χ2v) is 9.00. The highest BCUT2D eigenvalue weighted by Crippen LogP contribution is 2.35. The number of fused-ring (bicyclic) bond motifs is 1. The molecule has 0 unspecified atom stereocenters. The molecule has 1 aliphatic rings. The van der Waals surface area contributed by atoms with Crippen LogP contribution in [0.25, 0.3) is 16.9 Å². The smallest absolute Gasteiger partial charge is 0.226 e. The van der Waals surface area contributed by atoms with Crippen LogP contribution in [0.3, 0.4) is 0 Å². The van der Waals surface area contributed by atoms with E-state index in [1.807, 2.05) is 43.5 Å². The van der Waals surface area contributed by atoms with E-state index in [4.69, 9.17) is 16.6 Å². The van der Waals surface area contributed by atoms with Crippen LogP contribution in [0.4, 0.5) is 5.69 Å². The van der Waals surface area contributed by atoms with Gasteiger partial charge in [-0.2, -0.15) is 0 Å². The molecule has 0 aliphatic carbocycles. The number of rotatable bonds is 6. The van der Waals surface area contributed by atoms with Gasteiger partial charge in [0.1, 0.15) is 5.65 Å².